The number of aliphatic carboxylic acids is 1. The van der Waals surface area contributed by atoms with Crippen molar-refractivity contribution < 1.29 is 9.90 Å². The predicted molar refractivity (Wildman–Crippen MR) is 67.2 cm³/mol. The Balaban J connectivity index is 2.37. The summed E-state index contributed by atoms with van der Waals surface area (Å²) < 4.78 is 0. The molecule has 0 aliphatic carbocycles. The molecule has 0 fully saturated rings. The molecule has 1 aromatic rings. The molecule has 92 valence electrons. The molecule has 0 saturated heterocycles. The first-order valence-electron chi connectivity index (χ1n) is 6.01. The minimum absolute atomic E-state index is 0.143. The van der Waals surface area contributed by atoms with E-state index in [0.717, 1.165) is 31.5 Å². The molecule has 1 aliphatic heterocycles. The Labute approximate surface area is 101 Å². The van der Waals surface area contributed by atoms with Gasteiger partial charge < -0.3 is 15.7 Å². The van der Waals surface area contributed by atoms with Crippen molar-refractivity contribution in [3.8, 4) is 0 Å². The number of hydrogen-bond acceptors (Lipinski definition) is 3. The largest absolute Gasteiger partial charge is 0.480 e. The zero-order chi connectivity index (χ0) is 12.3. The van der Waals surface area contributed by atoms with E-state index in [1.807, 2.05) is 23.1 Å². The van der Waals surface area contributed by atoms with Crippen molar-refractivity contribution >= 4 is 11.7 Å². The average molecular weight is 234 g/mol. The van der Waals surface area contributed by atoms with Gasteiger partial charge in [-0.05, 0) is 30.9 Å². The molecule has 0 radical (unpaired) electrons. The smallest absolute Gasteiger partial charge is 0.327 e. The van der Waals surface area contributed by atoms with Crippen LogP contribution >= 0.6 is 0 Å². The van der Waals surface area contributed by atoms with Crippen molar-refractivity contribution in [2.45, 2.75) is 25.3 Å². The third-order valence-electron chi connectivity index (χ3n) is 3.28. The first-order chi connectivity index (χ1) is 8.24. The molecular formula is C13H18N2O2. The van der Waals surface area contributed by atoms with E-state index in [2.05, 4.69) is 6.07 Å². The summed E-state index contributed by atoms with van der Waals surface area (Å²) in [5.74, 6) is -0.843. The average Bonchev–Trinajstić information content (AvgIpc) is 2.53. The number of nitrogens with zero attached hydrogens (tertiary/aromatic N) is 1. The molecule has 0 saturated carbocycles. The Hall–Kier alpha value is -1.55. The molecular weight excluding hydrogens is 216 g/mol. The van der Waals surface area contributed by atoms with Crippen LogP contribution in [-0.4, -0.2) is 30.2 Å². The highest BCUT2D eigenvalue weighted by atomic mass is 16.4. The van der Waals surface area contributed by atoms with Crippen LogP contribution in [0.4, 0.5) is 5.69 Å². The SMILES string of the molecule is NCC(C(=O)O)N1CCCCc2ccccc21. The third kappa shape index (κ3) is 2.42. The van der Waals surface area contributed by atoms with Crippen LogP contribution < -0.4 is 10.6 Å². The van der Waals surface area contributed by atoms with Crippen LogP contribution in [0, 0.1) is 0 Å². The lowest BCUT2D eigenvalue weighted by Crippen LogP contribution is -2.46. The van der Waals surface area contributed by atoms with Crippen LogP contribution in [0.25, 0.3) is 0 Å². The van der Waals surface area contributed by atoms with Crippen LogP contribution in [0.2, 0.25) is 0 Å². The highest BCUT2D eigenvalue weighted by Crippen LogP contribution is 2.27. The zero-order valence-electron chi connectivity index (χ0n) is 9.80. The Kier molecular flexibility index (Phi) is 3.64. The summed E-state index contributed by atoms with van der Waals surface area (Å²) >= 11 is 0. The van der Waals surface area contributed by atoms with Gasteiger partial charge in [0.1, 0.15) is 6.04 Å². The van der Waals surface area contributed by atoms with Gasteiger partial charge >= 0.3 is 5.97 Å². The monoisotopic (exact) mass is 234 g/mol. The summed E-state index contributed by atoms with van der Waals surface area (Å²) in [5.41, 5.74) is 7.85. The lowest BCUT2D eigenvalue weighted by Gasteiger charge is -2.30. The number of aryl methyl sites for hydroxylation is 1. The molecule has 3 N–H and O–H groups in total. The number of carboxylic acids is 1. The molecule has 1 aliphatic rings. The van der Waals surface area contributed by atoms with E-state index in [-0.39, 0.29) is 6.54 Å². The summed E-state index contributed by atoms with van der Waals surface area (Å²) in [4.78, 5) is 13.2. The summed E-state index contributed by atoms with van der Waals surface area (Å²) in [6, 6.07) is 7.40. The molecule has 0 aromatic heterocycles. The number of para-hydroxylation sites is 1. The topological polar surface area (TPSA) is 66.6 Å². The van der Waals surface area contributed by atoms with Gasteiger partial charge in [-0.25, -0.2) is 4.79 Å². The van der Waals surface area contributed by atoms with Crippen molar-refractivity contribution in [3.05, 3.63) is 29.8 Å². The van der Waals surface area contributed by atoms with Gasteiger partial charge in [0.2, 0.25) is 0 Å². The minimum Gasteiger partial charge on any atom is -0.480 e. The van der Waals surface area contributed by atoms with Gasteiger partial charge in [0.15, 0.2) is 0 Å². The number of fused-ring (bicyclic) bond motifs is 1. The maximum Gasteiger partial charge on any atom is 0.327 e. The molecule has 17 heavy (non-hydrogen) atoms. The van der Waals surface area contributed by atoms with Crippen molar-refractivity contribution in [2.24, 2.45) is 5.73 Å². The first-order valence-corrected chi connectivity index (χ1v) is 6.01. The van der Waals surface area contributed by atoms with Crippen LogP contribution in [0.1, 0.15) is 18.4 Å². The van der Waals surface area contributed by atoms with Crippen molar-refractivity contribution in [1.82, 2.24) is 0 Å². The fourth-order valence-corrected chi connectivity index (χ4v) is 2.41. The maximum atomic E-state index is 11.2. The second kappa shape index (κ2) is 5.19. The first kappa shape index (κ1) is 11.9. The third-order valence-corrected chi connectivity index (χ3v) is 3.28. The van der Waals surface area contributed by atoms with Crippen molar-refractivity contribution in [3.63, 3.8) is 0 Å². The Morgan fingerprint density at radius 3 is 2.88 bits per heavy atom. The number of anilines is 1. The molecule has 1 unspecified atom stereocenters. The highest BCUT2D eigenvalue weighted by molar-refractivity contribution is 5.79. The summed E-state index contributed by atoms with van der Waals surface area (Å²) in [6.45, 7) is 0.912. The van der Waals surface area contributed by atoms with Crippen molar-refractivity contribution in [2.75, 3.05) is 18.0 Å². The van der Waals surface area contributed by atoms with E-state index in [0.29, 0.717) is 0 Å². The molecule has 0 amide bonds. The van der Waals surface area contributed by atoms with E-state index in [9.17, 15) is 9.90 Å². The van der Waals surface area contributed by atoms with Gasteiger partial charge in [0, 0.05) is 18.8 Å². The quantitative estimate of drug-likeness (QED) is 0.825. The van der Waals surface area contributed by atoms with Crippen LogP contribution in [-0.2, 0) is 11.2 Å². The number of carbonyl (C=O) groups is 1. The molecule has 4 heteroatoms. The molecule has 1 heterocycles. The van der Waals surface area contributed by atoms with Gasteiger partial charge in [0.25, 0.3) is 0 Å². The summed E-state index contributed by atoms with van der Waals surface area (Å²) in [6.07, 6.45) is 3.13. The van der Waals surface area contributed by atoms with E-state index in [1.165, 1.54) is 5.56 Å². The summed E-state index contributed by atoms with van der Waals surface area (Å²) in [7, 11) is 0. The predicted octanol–water partition coefficient (Wildman–Crippen LogP) is 1.24. The Morgan fingerprint density at radius 2 is 2.18 bits per heavy atom. The standard InChI is InChI=1S/C13H18N2O2/c14-9-12(13(16)17)15-8-4-3-6-10-5-1-2-7-11(10)15/h1-2,5,7,12H,3-4,6,8-9,14H2,(H,16,17). The maximum absolute atomic E-state index is 11.2. The Morgan fingerprint density at radius 1 is 1.41 bits per heavy atom. The minimum atomic E-state index is -0.843. The molecule has 0 spiro atoms. The molecule has 1 atom stereocenters. The van der Waals surface area contributed by atoms with Gasteiger partial charge in [-0.1, -0.05) is 18.2 Å². The second-order valence-electron chi connectivity index (χ2n) is 4.37. The number of benzene rings is 1. The van der Waals surface area contributed by atoms with E-state index >= 15 is 0 Å². The van der Waals surface area contributed by atoms with Gasteiger partial charge in [-0.3, -0.25) is 0 Å². The Bertz CT molecular complexity index is 406. The number of rotatable bonds is 3. The fraction of sp³-hybridized carbons (Fsp3) is 0.462. The molecule has 0 bridgehead atoms. The van der Waals surface area contributed by atoms with Gasteiger partial charge in [-0.2, -0.15) is 0 Å². The lowest BCUT2D eigenvalue weighted by atomic mass is 10.1. The van der Waals surface area contributed by atoms with Gasteiger partial charge in [-0.15, -0.1) is 0 Å². The fourth-order valence-electron chi connectivity index (χ4n) is 2.41. The van der Waals surface area contributed by atoms with E-state index in [1.54, 1.807) is 0 Å². The van der Waals surface area contributed by atoms with Crippen molar-refractivity contribution in [1.29, 1.82) is 0 Å². The van der Waals surface area contributed by atoms with Crippen LogP contribution in [0.3, 0.4) is 0 Å². The molecule has 2 rings (SSSR count). The van der Waals surface area contributed by atoms with E-state index in [4.69, 9.17) is 5.73 Å². The zero-order valence-corrected chi connectivity index (χ0v) is 9.80. The second-order valence-corrected chi connectivity index (χ2v) is 4.37. The van der Waals surface area contributed by atoms with Crippen LogP contribution in [0.15, 0.2) is 24.3 Å². The number of hydrogen-bond donors (Lipinski definition) is 2. The number of nitrogens with two attached hydrogens (primary N) is 1. The van der Waals surface area contributed by atoms with Crippen LogP contribution in [0.5, 0.6) is 0 Å². The van der Waals surface area contributed by atoms with Gasteiger partial charge in [0.05, 0.1) is 0 Å². The van der Waals surface area contributed by atoms with E-state index < -0.39 is 12.0 Å². The molecule has 4 nitrogen and oxygen atoms in total. The summed E-state index contributed by atoms with van der Waals surface area (Å²) in [5, 5.41) is 9.22. The lowest BCUT2D eigenvalue weighted by molar-refractivity contribution is -0.138. The highest BCUT2D eigenvalue weighted by Gasteiger charge is 2.26. The molecule has 1 aromatic carbocycles. The normalized spacial score (nSPS) is 17.1. The number of carboxylic acid groups (broad SMARTS) is 1.